The van der Waals surface area contributed by atoms with Crippen LogP contribution in [0.3, 0.4) is 0 Å². The summed E-state index contributed by atoms with van der Waals surface area (Å²) in [7, 11) is 0. The van der Waals surface area contributed by atoms with Gasteiger partial charge in [0.1, 0.15) is 12.1 Å². The Morgan fingerprint density at radius 1 is 0.846 bits per heavy atom. The summed E-state index contributed by atoms with van der Waals surface area (Å²) in [6, 6.07) is -3.73. The van der Waals surface area contributed by atoms with Crippen LogP contribution >= 0.6 is 0 Å². The summed E-state index contributed by atoms with van der Waals surface area (Å²) in [5.74, 6) is -5.74. The number of carboxylic acid groups (broad SMARTS) is 3. The largest absolute Gasteiger partial charge is 0.481 e. The maximum atomic E-state index is 12.3. The Hall–Kier alpha value is -2.69. The number of rotatable bonds is 12. The van der Waals surface area contributed by atoms with Gasteiger partial charge < -0.3 is 31.7 Å². The van der Waals surface area contributed by atoms with Crippen LogP contribution < -0.4 is 16.4 Å². The molecule has 0 aliphatic carbocycles. The molecule has 0 aliphatic heterocycles. The van der Waals surface area contributed by atoms with Crippen molar-refractivity contribution in [2.75, 3.05) is 0 Å². The van der Waals surface area contributed by atoms with Gasteiger partial charge in [0.2, 0.25) is 11.8 Å². The average Bonchev–Trinajstić information content (AvgIpc) is 2.52. The minimum atomic E-state index is -1.31. The van der Waals surface area contributed by atoms with E-state index in [2.05, 4.69) is 10.6 Å². The van der Waals surface area contributed by atoms with Crippen LogP contribution in [0.1, 0.15) is 39.5 Å². The van der Waals surface area contributed by atoms with Gasteiger partial charge in [-0.25, -0.2) is 4.79 Å². The molecular formula is C15H25N3O8. The van der Waals surface area contributed by atoms with Crippen LogP contribution in [-0.4, -0.2) is 63.2 Å². The van der Waals surface area contributed by atoms with Crippen LogP contribution in [-0.2, 0) is 24.0 Å². The Kier molecular flexibility index (Phi) is 9.89. The van der Waals surface area contributed by atoms with E-state index in [4.69, 9.17) is 21.1 Å². The van der Waals surface area contributed by atoms with Crippen LogP contribution in [0, 0.1) is 5.92 Å². The van der Waals surface area contributed by atoms with E-state index in [0.29, 0.717) is 0 Å². The van der Waals surface area contributed by atoms with E-state index >= 15 is 0 Å². The first-order chi connectivity index (χ1) is 12.0. The van der Waals surface area contributed by atoms with Crippen molar-refractivity contribution in [2.45, 2.75) is 57.7 Å². The molecule has 0 saturated carbocycles. The number of nitrogens with one attached hydrogen (secondary N) is 2. The fraction of sp³-hybridized carbons (Fsp3) is 0.667. The van der Waals surface area contributed by atoms with E-state index in [1.54, 1.807) is 13.8 Å². The smallest absolute Gasteiger partial charge is 0.326 e. The minimum Gasteiger partial charge on any atom is -0.481 e. The lowest BCUT2D eigenvalue weighted by molar-refractivity contribution is -0.144. The first-order valence-electron chi connectivity index (χ1n) is 7.98. The summed E-state index contributed by atoms with van der Waals surface area (Å²) < 4.78 is 0. The number of carboxylic acids is 3. The van der Waals surface area contributed by atoms with Gasteiger partial charge in [0.05, 0.1) is 6.04 Å². The van der Waals surface area contributed by atoms with Crippen LogP contribution in [0.2, 0.25) is 0 Å². The van der Waals surface area contributed by atoms with E-state index in [9.17, 15) is 24.0 Å². The summed E-state index contributed by atoms with van der Waals surface area (Å²) in [6.07, 6.45) is -1.24. The van der Waals surface area contributed by atoms with E-state index in [-0.39, 0.29) is 19.3 Å². The van der Waals surface area contributed by atoms with Gasteiger partial charge >= 0.3 is 17.9 Å². The van der Waals surface area contributed by atoms with Crippen molar-refractivity contribution in [3.63, 3.8) is 0 Å². The van der Waals surface area contributed by atoms with Gasteiger partial charge in [-0.2, -0.15) is 0 Å². The molecular weight excluding hydrogens is 350 g/mol. The highest BCUT2D eigenvalue weighted by Gasteiger charge is 2.29. The maximum Gasteiger partial charge on any atom is 0.326 e. The van der Waals surface area contributed by atoms with Crippen molar-refractivity contribution in [3.05, 3.63) is 0 Å². The molecule has 11 nitrogen and oxygen atoms in total. The number of aliphatic carboxylic acids is 3. The number of hydrogen-bond donors (Lipinski definition) is 6. The second-order valence-electron chi connectivity index (χ2n) is 6.10. The summed E-state index contributed by atoms with van der Waals surface area (Å²) in [5, 5.41) is 31.0. The van der Waals surface area contributed by atoms with Crippen LogP contribution in [0.5, 0.6) is 0 Å². The van der Waals surface area contributed by atoms with Gasteiger partial charge in [-0.05, 0) is 18.8 Å². The maximum absolute atomic E-state index is 12.3. The van der Waals surface area contributed by atoms with Crippen molar-refractivity contribution in [2.24, 2.45) is 11.7 Å². The predicted molar refractivity (Wildman–Crippen MR) is 88.1 cm³/mol. The topological polar surface area (TPSA) is 196 Å². The fourth-order valence-electron chi connectivity index (χ4n) is 1.99. The molecule has 0 bridgehead atoms. The Morgan fingerprint density at radius 2 is 1.35 bits per heavy atom. The van der Waals surface area contributed by atoms with Crippen molar-refractivity contribution in [1.82, 2.24) is 10.6 Å². The zero-order valence-corrected chi connectivity index (χ0v) is 14.6. The monoisotopic (exact) mass is 375 g/mol. The Morgan fingerprint density at radius 3 is 1.77 bits per heavy atom. The molecule has 26 heavy (non-hydrogen) atoms. The van der Waals surface area contributed by atoms with Crippen molar-refractivity contribution in [1.29, 1.82) is 0 Å². The number of carbonyl (C=O) groups excluding carboxylic acids is 2. The second-order valence-corrected chi connectivity index (χ2v) is 6.10. The third-order valence-corrected chi connectivity index (χ3v) is 3.52. The molecule has 0 aromatic rings. The number of nitrogens with two attached hydrogens (primary N) is 1. The van der Waals surface area contributed by atoms with Crippen LogP contribution in [0.25, 0.3) is 0 Å². The lowest BCUT2D eigenvalue weighted by Gasteiger charge is -2.24. The van der Waals surface area contributed by atoms with Gasteiger partial charge in [0, 0.05) is 12.8 Å². The standard InChI is InChI=1S/C15H25N3O8/c1-7(2)12(15(25)26)18-14(24)9(4-6-11(21)22)17-13(23)8(16)3-5-10(19)20/h7-9,12H,3-6,16H2,1-2H3,(H,17,23)(H,18,24)(H,19,20)(H,21,22)(H,25,26)/t8-,9-,12-/m0/s1. The van der Waals surface area contributed by atoms with Gasteiger partial charge in [0.15, 0.2) is 0 Å². The first kappa shape index (κ1) is 23.3. The van der Waals surface area contributed by atoms with Crippen molar-refractivity contribution < 1.29 is 39.3 Å². The van der Waals surface area contributed by atoms with E-state index in [1.165, 1.54) is 0 Å². The van der Waals surface area contributed by atoms with Gasteiger partial charge in [0.25, 0.3) is 0 Å². The molecule has 0 aromatic heterocycles. The highest BCUT2D eigenvalue weighted by atomic mass is 16.4. The van der Waals surface area contributed by atoms with E-state index in [1.807, 2.05) is 0 Å². The third kappa shape index (κ3) is 8.97. The van der Waals surface area contributed by atoms with Gasteiger partial charge in [-0.1, -0.05) is 13.8 Å². The molecule has 7 N–H and O–H groups in total. The third-order valence-electron chi connectivity index (χ3n) is 3.52. The minimum absolute atomic E-state index is 0.168. The molecule has 0 radical (unpaired) electrons. The molecule has 2 amide bonds. The first-order valence-corrected chi connectivity index (χ1v) is 7.98. The zero-order chi connectivity index (χ0) is 20.4. The molecule has 0 saturated heterocycles. The normalized spacial score (nSPS) is 14.2. The molecule has 3 atom stereocenters. The molecule has 0 aliphatic rings. The lowest BCUT2D eigenvalue weighted by Crippen LogP contribution is -2.55. The van der Waals surface area contributed by atoms with Gasteiger partial charge in [-0.3, -0.25) is 19.2 Å². The molecule has 0 spiro atoms. The molecule has 0 heterocycles. The summed E-state index contributed by atoms with van der Waals surface area (Å²) in [6.45, 7) is 3.15. The summed E-state index contributed by atoms with van der Waals surface area (Å²) in [5.41, 5.74) is 5.55. The van der Waals surface area contributed by atoms with E-state index in [0.717, 1.165) is 0 Å². The number of hydrogen-bond acceptors (Lipinski definition) is 6. The molecule has 0 aromatic carbocycles. The SMILES string of the molecule is CC(C)[C@H](NC(=O)[C@H](CCC(=O)O)NC(=O)[C@@H](N)CCC(=O)O)C(=O)O. The highest BCUT2D eigenvalue weighted by Crippen LogP contribution is 2.06. The number of amides is 2. The number of carbonyl (C=O) groups is 5. The fourth-order valence-corrected chi connectivity index (χ4v) is 1.99. The zero-order valence-electron chi connectivity index (χ0n) is 14.6. The quantitative estimate of drug-likeness (QED) is 0.241. The molecule has 0 fully saturated rings. The molecule has 148 valence electrons. The highest BCUT2D eigenvalue weighted by molar-refractivity contribution is 5.92. The van der Waals surface area contributed by atoms with Crippen LogP contribution in [0.15, 0.2) is 0 Å². The molecule has 0 rings (SSSR count). The van der Waals surface area contributed by atoms with Crippen LogP contribution in [0.4, 0.5) is 0 Å². The van der Waals surface area contributed by atoms with Gasteiger partial charge in [-0.15, -0.1) is 0 Å². The van der Waals surface area contributed by atoms with E-state index < -0.39 is 60.2 Å². The van der Waals surface area contributed by atoms with Crippen molar-refractivity contribution in [3.8, 4) is 0 Å². The molecule has 0 unspecified atom stereocenters. The molecule has 11 heteroatoms. The van der Waals surface area contributed by atoms with Crippen molar-refractivity contribution >= 4 is 29.7 Å². The lowest BCUT2D eigenvalue weighted by atomic mass is 10.0. The summed E-state index contributed by atoms with van der Waals surface area (Å²) >= 11 is 0. The Labute approximate surface area is 149 Å². The Bertz CT molecular complexity index is 549. The average molecular weight is 375 g/mol. The predicted octanol–water partition coefficient (Wildman–Crippen LogP) is -1.25. The summed E-state index contributed by atoms with van der Waals surface area (Å²) in [4.78, 5) is 56.7. The second kappa shape index (κ2) is 11.0. The Balaban J connectivity index is 5.05.